The van der Waals surface area contributed by atoms with Crippen LogP contribution in [0, 0.1) is 11.8 Å². The zero-order chi connectivity index (χ0) is 13.2. The summed E-state index contributed by atoms with van der Waals surface area (Å²) in [4.78, 5) is 12.0. The first-order valence-corrected chi connectivity index (χ1v) is 6.85. The van der Waals surface area contributed by atoms with Gasteiger partial charge >= 0.3 is 6.18 Å². The third-order valence-electron chi connectivity index (χ3n) is 4.22. The highest BCUT2D eigenvalue weighted by Gasteiger charge is 2.48. The third kappa shape index (κ3) is 3.18. The molecule has 2 fully saturated rings. The predicted octanol–water partition coefficient (Wildman–Crippen LogP) is 3.41. The maximum Gasteiger partial charge on any atom is 0.392 e. The molecule has 18 heavy (non-hydrogen) atoms. The standard InChI is InChI=1S/C13H20F3NO/c14-13(15,16)11-8-4-3-7-10(11)12(18)17-9-5-1-2-6-9/h9-11H,1-8H2,(H,17,18). The van der Waals surface area contributed by atoms with E-state index in [1.54, 1.807) is 0 Å². The highest BCUT2D eigenvalue weighted by molar-refractivity contribution is 5.79. The predicted molar refractivity (Wildman–Crippen MR) is 61.9 cm³/mol. The van der Waals surface area contributed by atoms with Crippen molar-refractivity contribution in [2.24, 2.45) is 11.8 Å². The number of amides is 1. The lowest BCUT2D eigenvalue weighted by Crippen LogP contribution is -2.45. The first-order chi connectivity index (χ1) is 8.48. The summed E-state index contributed by atoms with van der Waals surface area (Å²) in [6, 6.07) is 0.105. The summed E-state index contributed by atoms with van der Waals surface area (Å²) in [6.45, 7) is 0. The highest BCUT2D eigenvalue weighted by atomic mass is 19.4. The molecule has 104 valence electrons. The molecule has 0 spiro atoms. The maximum absolute atomic E-state index is 12.9. The Morgan fingerprint density at radius 2 is 1.50 bits per heavy atom. The molecule has 2 aliphatic rings. The molecule has 2 rings (SSSR count). The van der Waals surface area contributed by atoms with Crippen molar-refractivity contribution < 1.29 is 18.0 Å². The molecule has 2 atom stereocenters. The average molecular weight is 263 g/mol. The molecule has 5 heteroatoms. The molecule has 2 saturated carbocycles. The summed E-state index contributed by atoms with van der Waals surface area (Å²) >= 11 is 0. The van der Waals surface area contributed by atoms with E-state index in [4.69, 9.17) is 0 Å². The molecule has 2 nitrogen and oxygen atoms in total. The van der Waals surface area contributed by atoms with E-state index in [1.165, 1.54) is 0 Å². The molecular formula is C13H20F3NO. The first-order valence-electron chi connectivity index (χ1n) is 6.85. The Balaban J connectivity index is 1.97. The monoisotopic (exact) mass is 263 g/mol. The number of nitrogens with one attached hydrogen (secondary N) is 1. The van der Waals surface area contributed by atoms with Crippen molar-refractivity contribution in [3.63, 3.8) is 0 Å². The van der Waals surface area contributed by atoms with Crippen LogP contribution in [0.15, 0.2) is 0 Å². The molecule has 1 N–H and O–H groups in total. The van der Waals surface area contributed by atoms with E-state index in [-0.39, 0.29) is 18.4 Å². The fourth-order valence-corrected chi connectivity index (χ4v) is 3.21. The fraction of sp³-hybridized carbons (Fsp3) is 0.923. The van der Waals surface area contributed by atoms with Crippen LogP contribution in [0.2, 0.25) is 0 Å². The van der Waals surface area contributed by atoms with Gasteiger partial charge in [0.1, 0.15) is 0 Å². The fourth-order valence-electron chi connectivity index (χ4n) is 3.21. The Labute approximate surface area is 105 Å². The van der Waals surface area contributed by atoms with Crippen LogP contribution in [0.5, 0.6) is 0 Å². The third-order valence-corrected chi connectivity index (χ3v) is 4.22. The van der Waals surface area contributed by atoms with Crippen LogP contribution in [0.4, 0.5) is 13.2 Å². The van der Waals surface area contributed by atoms with Gasteiger partial charge in [-0.05, 0) is 25.7 Å². The smallest absolute Gasteiger partial charge is 0.353 e. The largest absolute Gasteiger partial charge is 0.392 e. The second-order valence-corrected chi connectivity index (χ2v) is 5.53. The van der Waals surface area contributed by atoms with Gasteiger partial charge in [0, 0.05) is 12.0 Å². The first kappa shape index (κ1) is 13.7. The second kappa shape index (κ2) is 5.49. The van der Waals surface area contributed by atoms with Gasteiger partial charge in [-0.3, -0.25) is 4.79 Å². The molecule has 0 aromatic heterocycles. The molecule has 2 aliphatic carbocycles. The lowest BCUT2D eigenvalue weighted by molar-refractivity contribution is -0.198. The molecule has 0 aromatic rings. The van der Waals surface area contributed by atoms with Gasteiger partial charge in [-0.15, -0.1) is 0 Å². The van der Waals surface area contributed by atoms with Crippen LogP contribution < -0.4 is 5.32 Å². The Bertz CT molecular complexity index is 297. The summed E-state index contributed by atoms with van der Waals surface area (Å²) in [5.41, 5.74) is 0. The van der Waals surface area contributed by atoms with Crippen LogP contribution in [-0.2, 0) is 4.79 Å². The van der Waals surface area contributed by atoms with Crippen molar-refractivity contribution in [3.8, 4) is 0 Å². The zero-order valence-corrected chi connectivity index (χ0v) is 10.4. The lowest BCUT2D eigenvalue weighted by atomic mass is 9.78. The average Bonchev–Trinajstić information content (AvgIpc) is 2.80. The van der Waals surface area contributed by atoms with E-state index >= 15 is 0 Å². The minimum atomic E-state index is -4.24. The summed E-state index contributed by atoms with van der Waals surface area (Å²) < 4.78 is 38.7. The molecule has 0 aromatic carbocycles. The second-order valence-electron chi connectivity index (χ2n) is 5.53. The molecule has 0 bridgehead atoms. The summed E-state index contributed by atoms with van der Waals surface area (Å²) in [5, 5.41) is 2.81. The van der Waals surface area contributed by atoms with Crippen molar-refractivity contribution in [2.75, 3.05) is 0 Å². The summed E-state index contributed by atoms with van der Waals surface area (Å²) in [5.74, 6) is -2.67. The van der Waals surface area contributed by atoms with Crippen molar-refractivity contribution >= 4 is 5.91 Å². The van der Waals surface area contributed by atoms with Crippen LogP contribution in [0.1, 0.15) is 51.4 Å². The number of carbonyl (C=O) groups is 1. The van der Waals surface area contributed by atoms with E-state index in [1.807, 2.05) is 0 Å². The van der Waals surface area contributed by atoms with Crippen molar-refractivity contribution in [2.45, 2.75) is 63.6 Å². The number of hydrogen-bond donors (Lipinski definition) is 1. The van der Waals surface area contributed by atoms with Gasteiger partial charge in [0.15, 0.2) is 0 Å². The maximum atomic E-state index is 12.9. The van der Waals surface area contributed by atoms with Crippen LogP contribution in [0.25, 0.3) is 0 Å². The Hall–Kier alpha value is -0.740. The number of halogens is 3. The Morgan fingerprint density at radius 3 is 2.11 bits per heavy atom. The van der Waals surface area contributed by atoms with Gasteiger partial charge in [-0.1, -0.05) is 25.7 Å². The SMILES string of the molecule is O=C(NC1CCCC1)C1CCCCC1C(F)(F)F. The van der Waals surface area contributed by atoms with E-state index in [2.05, 4.69) is 5.32 Å². The van der Waals surface area contributed by atoms with Crippen LogP contribution >= 0.6 is 0 Å². The van der Waals surface area contributed by atoms with Gasteiger partial charge in [0.05, 0.1) is 5.92 Å². The highest BCUT2D eigenvalue weighted by Crippen LogP contribution is 2.41. The van der Waals surface area contributed by atoms with E-state index in [9.17, 15) is 18.0 Å². The minimum absolute atomic E-state index is 0.103. The Morgan fingerprint density at radius 1 is 0.944 bits per heavy atom. The minimum Gasteiger partial charge on any atom is -0.353 e. The van der Waals surface area contributed by atoms with Gasteiger partial charge in [-0.25, -0.2) is 0 Å². The van der Waals surface area contributed by atoms with Gasteiger partial charge in [0.25, 0.3) is 0 Å². The van der Waals surface area contributed by atoms with E-state index < -0.39 is 18.0 Å². The summed E-state index contributed by atoms with van der Waals surface area (Å²) in [6.07, 6.45) is 1.51. The number of alkyl halides is 3. The van der Waals surface area contributed by atoms with Crippen molar-refractivity contribution in [1.29, 1.82) is 0 Å². The number of carbonyl (C=O) groups excluding carboxylic acids is 1. The molecular weight excluding hydrogens is 243 g/mol. The van der Waals surface area contributed by atoms with Crippen molar-refractivity contribution in [3.05, 3.63) is 0 Å². The number of rotatable bonds is 2. The molecule has 0 heterocycles. The Kier molecular flexibility index (Phi) is 4.17. The molecule has 1 amide bonds. The topological polar surface area (TPSA) is 29.1 Å². The van der Waals surface area contributed by atoms with Crippen LogP contribution in [0.3, 0.4) is 0 Å². The van der Waals surface area contributed by atoms with E-state index in [0.717, 1.165) is 32.1 Å². The zero-order valence-electron chi connectivity index (χ0n) is 10.4. The molecule has 0 aliphatic heterocycles. The lowest BCUT2D eigenvalue weighted by Gasteiger charge is -2.32. The summed E-state index contributed by atoms with van der Waals surface area (Å²) in [7, 11) is 0. The normalized spacial score (nSPS) is 30.4. The van der Waals surface area contributed by atoms with Crippen molar-refractivity contribution in [1.82, 2.24) is 5.32 Å². The van der Waals surface area contributed by atoms with Gasteiger partial charge in [-0.2, -0.15) is 13.2 Å². The van der Waals surface area contributed by atoms with Gasteiger partial charge in [0.2, 0.25) is 5.91 Å². The molecule has 0 radical (unpaired) electrons. The van der Waals surface area contributed by atoms with E-state index in [0.29, 0.717) is 12.8 Å². The molecule has 0 saturated heterocycles. The number of hydrogen-bond acceptors (Lipinski definition) is 1. The quantitative estimate of drug-likeness (QED) is 0.812. The molecule has 2 unspecified atom stereocenters. The van der Waals surface area contributed by atoms with Gasteiger partial charge < -0.3 is 5.32 Å². The van der Waals surface area contributed by atoms with Crippen LogP contribution in [-0.4, -0.2) is 18.1 Å².